The van der Waals surface area contributed by atoms with E-state index in [9.17, 15) is 9.59 Å². The number of rotatable bonds is 6. The molecule has 0 bridgehead atoms. The van der Waals surface area contributed by atoms with Crippen LogP contribution in [0.3, 0.4) is 0 Å². The van der Waals surface area contributed by atoms with E-state index in [0.29, 0.717) is 39.9 Å². The van der Waals surface area contributed by atoms with Crippen molar-refractivity contribution in [1.29, 1.82) is 0 Å². The number of carbonyl (C=O) groups excluding carboxylic acids is 2. The summed E-state index contributed by atoms with van der Waals surface area (Å²) in [4.78, 5) is 28.5. The van der Waals surface area contributed by atoms with Gasteiger partial charge in [0.1, 0.15) is 11.4 Å². The molecule has 1 aliphatic heterocycles. The molecule has 4 rings (SSSR count). The number of benzene rings is 3. The molecule has 0 radical (unpaired) electrons. The average Bonchev–Trinajstić information content (AvgIpc) is 3.03. The first kappa shape index (κ1) is 22.6. The maximum Gasteiger partial charge on any atom is 0.282 e. The highest BCUT2D eigenvalue weighted by Crippen LogP contribution is 2.36. The predicted molar refractivity (Wildman–Crippen MR) is 133 cm³/mol. The Bertz CT molecular complexity index is 1300. The molecule has 0 aliphatic carbocycles. The highest BCUT2D eigenvalue weighted by atomic mass is 35.5. The van der Waals surface area contributed by atoms with Crippen molar-refractivity contribution >= 4 is 40.4 Å². The minimum absolute atomic E-state index is 0.218. The lowest BCUT2D eigenvalue weighted by molar-refractivity contribution is -0.120. The number of carbonyl (C=O) groups is 2. The molecule has 33 heavy (non-hydrogen) atoms. The SMILES string of the molecule is CCOc1cccc(N2C(=O)C(Nc3cccc(Cl)c3C)=C(c3ccc(C)c(C)c3)C2=O)c1. The molecule has 0 unspecified atom stereocenters. The summed E-state index contributed by atoms with van der Waals surface area (Å²) in [5.41, 5.74) is 5.29. The molecule has 3 aromatic rings. The summed E-state index contributed by atoms with van der Waals surface area (Å²) in [6, 6.07) is 18.2. The zero-order valence-electron chi connectivity index (χ0n) is 19.0. The third-order valence-corrected chi connectivity index (χ3v) is 6.20. The van der Waals surface area contributed by atoms with E-state index in [0.717, 1.165) is 16.7 Å². The molecule has 2 amide bonds. The standard InChI is InChI=1S/C27H25ClN2O3/c1-5-33-21-9-6-8-20(15-21)30-26(31)24(19-13-12-16(2)17(3)14-19)25(27(30)32)29-23-11-7-10-22(28)18(23)4/h6-15,29H,5H2,1-4H3. The van der Waals surface area contributed by atoms with Crippen LogP contribution in [0.4, 0.5) is 11.4 Å². The van der Waals surface area contributed by atoms with Gasteiger partial charge in [0.2, 0.25) is 0 Å². The molecule has 0 spiro atoms. The lowest BCUT2D eigenvalue weighted by Gasteiger charge is -2.17. The quantitative estimate of drug-likeness (QED) is 0.454. The lowest BCUT2D eigenvalue weighted by Crippen LogP contribution is -2.32. The van der Waals surface area contributed by atoms with E-state index < -0.39 is 5.91 Å². The Morgan fingerprint density at radius 1 is 0.909 bits per heavy atom. The normalized spacial score (nSPS) is 13.7. The fraction of sp³-hybridized carbons (Fsp3) is 0.185. The van der Waals surface area contributed by atoms with E-state index in [4.69, 9.17) is 16.3 Å². The van der Waals surface area contributed by atoms with E-state index in [1.54, 1.807) is 36.4 Å². The summed E-state index contributed by atoms with van der Waals surface area (Å²) in [6.45, 7) is 8.23. The number of nitrogens with one attached hydrogen (secondary N) is 1. The largest absolute Gasteiger partial charge is 0.494 e. The topological polar surface area (TPSA) is 58.6 Å². The molecule has 6 heteroatoms. The second kappa shape index (κ2) is 9.12. The Balaban J connectivity index is 1.85. The number of anilines is 2. The van der Waals surface area contributed by atoms with Crippen LogP contribution >= 0.6 is 11.6 Å². The molecule has 168 valence electrons. The van der Waals surface area contributed by atoms with E-state index in [2.05, 4.69) is 5.32 Å². The molecule has 3 aromatic carbocycles. The number of hydrogen-bond acceptors (Lipinski definition) is 4. The van der Waals surface area contributed by atoms with E-state index in [1.807, 2.05) is 52.0 Å². The van der Waals surface area contributed by atoms with Gasteiger partial charge in [-0.05, 0) is 74.2 Å². The van der Waals surface area contributed by atoms with Gasteiger partial charge < -0.3 is 10.1 Å². The molecule has 1 aliphatic rings. The molecule has 1 N–H and O–H groups in total. The number of hydrogen-bond donors (Lipinski definition) is 1. The number of ether oxygens (including phenoxy) is 1. The maximum atomic E-state index is 13.7. The zero-order valence-corrected chi connectivity index (χ0v) is 19.8. The zero-order chi connectivity index (χ0) is 23.7. The van der Waals surface area contributed by atoms with E-state index in [-0.39, 0.29) is 11.6 Å². The summed E-state index contributed by atoms with van der Waals surface area (Å²) in [7, 11) is 0. The fourth-order valence-electron chi connectivity index (χ4n) is 3.80. The number of halogens is 1. The number of nitrogens with zero attached hydrogens (tertiary/aromatic N) is 1. The van der Waals surface area contributed by atoms with Crippen LogP contribution in [-0.4, -0.2) is 18.4 Å². The van der Waals surface area contributed by atoms with Gasteiger partial charge >= 0.3 is 0 Å². The first-order chi connectivity index (χ1) is 15.8. The second-order valence-electron chi connectivity index (χ2n) is 7.96. The molecule has 0 saturated heterocycles. The summed E-state index contributed by atoms with van der Waals surface area (Å²) < 4.78 is 5.58. The van der Waals surface area contributed by atoms with Gasteiger partial charge in [0.25, 0.3) is 11.8 Å². The number of aryl methyl sites for hydroxylation is 2. The minimum atomic E-state index is -0.429. The van der Waals surface area contributed by atoms with Crippen LogP contribution in [0.1, 0.15) is 29.2 Å². The van der Waals surface area contributed by atoms with E-state index in [1.165, 1.54) is 4.90 Å². The Morgan fingerprint density at radius 2 is 1.67 bits per heavy atom. The number of imide groups is 1. The van der Waals surface area contributed by atoms with Gasteiger partial charge in [-0.1, -0.05) is 41.9 Å². The minimum Gasteiger partial charge on any atom is -0.494 e. The van der Waals surface area contributed by atoms with Crippen molar-refractivity contribution in [3.8, 4) is 5.75 Å². The molecular weight excluding hydrogens is 436 g/mol. The van der Waals surface area contributed by atoms with Crippen LogP contribution in [0.15, 0.2) is 66.4 Å². The summed E-state index contributed by atoms with van der Waals surface area (Å²) in [5.74, 6) is -0.226. The van der Waals surface area contributed by atoms with Crippen molar-refractivity contribution in [2.24, 2.45) is 0 Å². The van der Waals surface area contributed by atoms with Crippen LogP contribution in [0.2, 0.25) is 5.02 Å². The smallest absolute Gasteiger partial charge is 0.282 e. The first-order valence-electron chi connectivity index (χ1n) is 10.8. The highest BCUT2D eigenvalue weighted by molar-refractivity contribution is 6.46. The summed E-state index contributed by atoms with van der Waals surface area (Å²) in [5, 5.41) is 3.78. The molecule has 0 atom stereocenters. The van der Waals surface area contributed by atoms with Gasteiger partial charge in [0.05, 0.1) is 17.9 Å². The lowest BCUT2D eigenvalue weighted by atomic mass is 9.99. The molecular formula is C27H25ClN2O3. The molecule has 0 aromatic heterocycles. The third-order valence-electron chi connectivity index (χ3n) is 5.79. The molecule has 0 saturated carbocycles. The van der Waals surface area contributed by atoms with Gasteiger partial charge in [-0.2, -0.15) is 0 Å². The van der Waals surface area contributed by atoms with Crippen LogP contribution < -0.4 is 15.0 Å². The van der Waals surface area contributed by atoms with Crippen LogP contribution in [0.25, 0.3) is 5.57 Å². The van der Waals surface area contributed by atoms with Crippen molar-refractivity contribution in [2.45, 2.75) is 27.7 Å². The predicted octanol–water partition coefficient (Wildman–Crippen LogP) is 6.06. The monoisotopic (exact) mass is 460 g/mol. The Morgan fingerprint density at radius 3 is 2.39 bits per heavy atom. The first-order valence-corrected chi connectivity index (χ1v) is 11.1. The van der Waals surface area contributed by atoms with Crippen LogP contribution in [0.5, 0.6) is 5.75 Å². The van der Waals surface area contributed by atoms with Gasteiger partial charge in [-0.25, -0.2) is 4.90 Å². The fourth-order valence-corrected chi connectivity index (χ4v) is 3.98. The Labute approximate surface area is 198 Å². The summed E-state index contributed by atoms with van der Waals surface area (Å²) in [6.07, 6.45) is 0. The van der Waals surface area contributed by atoms with Gasteiger partial charge in [-0.15, -0.1) is 0 Å². The highest BCUT2D eigenvalue weighted by Gasteiger charge is 2.40. The second-order valence-corrected chi connectivity index (χ2v) is 8.37. The third kappa shape index (κ3) is 4.24. The summed E-state index contributed by atoms with van der Waals surface area (Å²) >= 11 is 6.30. The average molecular weight is 461 g/mol. The van der Waals surface area contributed by atoms with E-state index >= 15 is 0 Å². The van der Waals surface area contributed by atoms with Gasteiger partial charge in [-0.3, -0.25) is 9.59 Å². The van der Waals surface area contributed by atoms with Gasteiger partial charge in [0.15, 0.2) is 0 Å². The van der Waals surface area contributed by atoms with Crippen LogP contribution in [0, 0.1) is 20.8 Å². The van der Waals surface area contributed by atoms with Crippen molar-refractivity contribution in [1.82, 2.24) is 0 Å². The maximum absolute atomic E-state index is 13.7. The van der Waals surface area contributed by atoms with Crippen LogP contribution in [-0.2, 0) is 9.59 Å². The van der Waals surface area contributed by atoms with Crippen molar-refractivity contribution in [3.63, 3.8) is 0 Å². The number of amides is 2. The Kier molecular flexibility index (Phi) is 6.25. The van der Waals surface area contributed by atoms with Gasteiger partial charge in [0, 0.05) is 16.8 Å². The van der Waals surface area contributed by atoms with Crippen molar-refractivity contribution in [2.75, 3.05) is 16.8 Å². The molecule has 1 heterocycles. The van der Waals surface area contributed by atoms with Crippen molar-refractivity contribution < 1.29 is 14.3 Å². The molecule has 5 nitrogen and oxygen atoms in total. The Hall–Kier alpha value is -3.57. The van der Waals surface area contributed by atoms with Crippen molar-refractivity contribution in [3.05, 3.63) is 93.6 Å². The molecule has 0 fully saturated rings.